The van der Waals surface area contributed by atoms with Crippen LogP contribution in [-0.2, 0) is 0 Å². The lowest BCUT2D eigenvalue weighted by Crippen LogP contribution is -2.27. The summed E-state index contributed by atoms with van der Waals surface area (Å²) < 4.78 is 14.0. The summed E-state index contributed by atoms with van der Waals surface area (Å²) in [5, 5.41) is 0. The van der Waals surface area contributed by atoms with Crippen LogP contribution >= 0.6 is 15.9 Å². The van der Waals surface area contributed by atoms with Crippen LogP contribution in [0.25, 0.3) is 11.0 Å². The molecule has 5 heteroatoms. The summed E-state index contributed by atoms with van der Waals surface area (Å²) in [6.07, 6.45) is 5.72. The second kappa shape index (κ2) is 5.21. The van der Waals surface area contributed by atoms with Gasteiger partial charge in [0.15, 0.2) is 0 Å². The molecule has 2 unspecified atom stereocenters. The maximum absolute atomic E-state index is 13.5. The summed E-state index contributed by atoms with van der Waals surface area (Å²) in [5.74, 6) is 0.895. The maximum atomic E-state index is 13.5. The van der Waals surface area contributed by atoms with E-state index in [1.807, 2.05) is 0 Å². The van der Waals surface area contributed by atoms with E-state index >= 15 is 0 Å². The summed E-state index contributed by atoms with van der Waals surface area (Å²) in [5.41, 5.74) is 7.78. The Balaban J connectivity index is 2.00. The minimum Gasteiger partial charge on any atom is -0.342 e. The molecule has 3 rings (SSSR count). The van der Waals surface area contributed by atoms with Gasteiger partial charge in [-0.2, -0.15) is 0 Å². The van der Waals surface area contributed by atoms with Gasteiger partial charge in [-0.1, -0.05) is 19.3 Å². The summed E-state index contributed by atoms with van der Waals surface area (Å²) in [7, 11) is 0. The molecule has 2 aromatic rings. The molecule has 0 bridgehead atoms. The van der Waals surface area contributed by atoms with Crippen molar-refractivity contribution in [2.75, 3.05) is 0 Å². The van der Waals surface area contributed by atoms with Crippen LogP contribution in [0.15, 0.2) is 16.6 Å². The van der Waals surface area contributed by atoms with Crippen molar-refractivity contribution in [1.82, 2.24) is 9.97 Å². The van der Waals surface area contributed by atoms with Crippen molar-refractivity contribution in [2.24, 2.45) is 5.73 Å². The molecule has 0 saturated heterocycles. The first-order valence-corrected chi connectivity index (χ1v) is 7.54. The Morgan fingerprint density at radius 3 is 2.89 bits per heavy atom. The lowest BCUT2D eigenvalue weighted by Gasteiger charge is -2.18. The van der Waals surface area contributed by atoms with Crippen molar-refractivity contribution < 1.29 is 4.39 Å². The standard InChI is InChI=1S/C14H17BrFN3/c15-9-6-12-13(7-10(9)16)19-14(18-12)8-4-2-1-3-5-11(8)17/h6-8,11H,1-5,17H2,(H,18,19). The van der Waals surface area contributed by atoms with Gasteiger partial charge in [0.2, 0.25) is 0 Å². The predicted octanol–water partition coefficient (Wildman–Crippen LogP) is 3.84. The molecule has 1 saturated carbocycles. The van der Waals surface area contributed by atoms with Crippen LogP contribution < -0.4 is 5.73 Å². The highest BCUT2D eigenvalue weighted by Gasteiger charge is 2.25. The molecule has 1 aliphatic carbocycles. The average molecular weight is 326 g/mol. The molecule has 1 fully saturated rings. The molecule has 1 aromatic heterocycles. The number of nitrogens with two attached hydrogens (primary N) is 1. The van der Waals surface area contributed by atoms with E-state index in [9.17, 15) is 4.39 Å². The van der Waals surface area contributed by atoms with E-state index in [1.165, 1.54) is 25.3 Å². The lowest BCUT2D eigenvalue weighted by molar-refractivity contribution is 0.488. The number of halogens is 2. The van der Waals surface area contributed by atoms with E-state index in [-0.39, 0.29) is 17.8 Å². The van der Waals surface area contributed by atoms with E-state index in [1.54, 1.807) is 6.07 Å². The molecule has 102 valence electrons. The van der Waals surface area contributed by atoms with Gasteiger partial charge in [0.1, 0.15) is 11.6 Å². The molecule has 0 spiro atoms. The number of hydrogen-bond acceptors (Lipinski definition) is 2. The maximum Gasteiger partial charge on any atom is 0.139 e. The molecule has 1 heterocycles. The van der Waals surface area contributed by atoms with Gasteiger partial charge in [-0.3, -0.25) is 0 Å². The summed E-state index contributed by atoms with van der Waals surface area (Å²) in [6, 6.07) is 3.35. The van der Waals surface area contributed by atoms with Gasteiger partial charge in [-0.05, 0) is 34.8 Å². The Hall–Kier alpha value is -0.940. The van der Waals surface area contributed by atoms with Crippen LogP contribution in [0.3, 0.4) is 0 Å². The Morgan fingerprint density at radius 1 is 1.26 bits per heavy atom. The zero-order chi connectivity index (χ0) is 13.4. The number of benzene rings is 1. The van der Waals surface area contributed by atoms with E-state index in [2.05, 4.69) is 25.9 Å². The van der Waals surface area contributed by atoms with Crippen LogP contribution in [0.4, 0.5) is 4.39 Å². The zero-order valence-electron chi connectivity index (χ0n) is 10.6. The first kappa shape index (κ1) is 13.1. The number of nitrogens with one attached hydrogen (secondary N) is 1. The summed E-state index contributed by atoms with van der Waals surface area (Å²) >= 11 is 3.19. The molecular weight excluding hydrogens is 309 g/mol. The number of imidazole rings is 1. The minimum atomic E-state index is -0.270. The fraction of sp³-hybridized carbons (Fsp3) is 0.500. The summed E-state index contributed by atoms with van der Waals surface area (Å²) in [4.78, 5) is 7.84. The predicted molar refractivity (Wildman–Crippen MR) is 77.6 cm³/mol. The normalized spacial score (nSPS) is 24.6. The SMILES string of the molecule is NC1CCCCCC1c1nc2cc(Br)c(F)cc2[nH]1. The quantitative estimate of drug-likeness (QED) is 0.782. The van der Waals surface area contributed by atoms with Gasteiger partial charge in [0.25, 0.3) is 0 Å². The molecule has 2 atom stereocenters. The smallest absolute Gasteiger partial charge is 0.139 e. The second-order valence-corrected chi connectivity index (χ2v) is 6.17. The molecule has 19 heavy (non-hydrogen) atoms. The number of fused-ring (bicyclic) bond motifs is 1. The largest absolute Gasteiger partial charge is 0.342 e. The van der Waals surface area contributed by atoms with Crippen LogP contribution in [0.2, 0.25) is 0 Å². The third-order valence-corrected chi connectivity index (χ3v) is 4.57. The Morgan fingerprint density at radius 2 is 2.05 bits per heavy atom. The van der Waals surface area contributed by atoms with Gasteiger partial charge in [-0.25, -0.2) is 9.37 Å². The monoisotopic (exact) mass is 325 g/mol. The van der Waals surface area contributed by atoms with Gasteiger partial charge in [0, 0.05) is 18.0 Å². The van der Waals surface area contributed by atoms with Gasteiger partial charge in [-0.15, -0.1) is 0 Å². The van der Waals surface area contributed by atoms with Gasteiger partial charge < -0.3 is 10.7 Å². The minimum absolute atomic E-state index is 0.149. The van der Waals surface area contributed by atoms with Crippen LogP contribution in [0, 0.1) is 5.82 Å². The fourth-order valence-electron chi connectivity index (χ4n) is 2.88. The van der Waals surface area contributed by atoms with Gasteiger partial charge >= 0.3 is 0 Å². The van der Waals surface area contributed by atoms with Crippen molar-refractivity contribution >= 4 is 27.0 Å². The molecule has 1 aromatic carbocycles. The second-order valence-electron chi connectivity index (χ2n) is 5.31. The van der Waals surface area contributed by atoms with E-state index in [4.69, 9.17) is 5.73 Å². The van der Waals surface area contributed by atoms with Crippen molar-refractivity contribution in [2.45, 2.75) is 44.1 Å². The molecular formula is C14H17BrFN3. The van der Waals surface area contributed by atoms with Crippen molar-refractivity contribution in [3.05, 3.63) is 28.2 Å². The Kier molecular flexibility index (Phi) is 3.58. The highest BCUT2D eigenvalue weighted by atomic mass is 79.9. The number of aromatic amines is 1. The van der Waals surface area contributed by atoms with Crippen LogP contribution in [0.1, 0.15) is 43.8 Å². The van der Waals surface area contributed by atoms with Crippen molar-refractivity contribution in [1.29, 1.82) is 0 Å². The number of hydrogen-bond donors (Lipinski definition) is 2. The highest BCUT2D eigenvalue weighted by Crippen LogP contribution is 2.31. The lowest BCUT2D eigenvalue weighted by atomic mass is 9.95. The number of rotatable bonds is 1. The highest BCUT2D eigenvalue weighted by molar-refractivity contribution is 9.10. The number of nitrogens with zero attached hydrogens (tertiary/aromatic N) is 1. The van der Waals surface area contributed by atoms with E-state index < -0.39 is 0 Å². The number of aromatic nitrogens is 2. The van der Waals surface area contributed by atoms with Gasteiger partial charge in [0.05, 0.1) is 15.5 Å². The number of H-pyrrole nitrogens is 1. The molecule has 0 amide bonds. The molecule has 0 radical (unpaired) electrons. The topological polar surface area (TPSA) is 54.7 Å². The fourth-order valence-corrected chi connectivity index (χ4v) is 3.21. The van der Waals surface area contributed by atoms with E-state index in [0.29, 0.717) is 4.47 Å². The third kappa shape index (κ3) is 2.54. The summed E-state index contributed by atoms with van der Waals surface area (Å²) in [6.45, 7) is 0. The Bertz CT molecular complexity index is 557. The van der Waals surface area contributed by atoms with E-state index in [0.717, 1.165) is 29.7 Å². The van der Waals surface area contributed by atoms with Crippen molar-refractivity contribution in [3.8, 4) is 0 Å². The molecule has 3 nitrogen and oxygen atoms in total. The third-order valence-electron chi connectivity index (χ3n) is 3.96. The first-order chi connectivity index (χ1) is 9.15. The molecule has 3 N–H and O–H groups in total. The molecule has 1 aliphatic rings. The Labute approximate surface area is 119 Å². The zero-order valence-corrected chi connectivity index (χ0v) is 12.2. The van der Waals surface area contributed by atoms with Crippen molar-refractivity contribution in [3.63, 3.8) is 0 Å². The molecule has 0 aliphatic heterocycles. The first-order valence-electron chi connectivity index (χ1n) is 6.75. The van der Waals surface area contributed by atoms with Crippen LogP contribution in [0.5, 0.6) is 0 Å². The van der Waals surface area contributed by atoms with Crippen LogP contribution in [-0.4, -0.2) is 16.0 Å². The average Bonchev–Trinajstić information content (AvgIpc) is 2.63.